The second-order valence-corrected chi connectivity index (χ2v) is 10.1. The first-order valence-corrected chi connectivity index (χ1v) is 13.3. The van der Waals surface area contributed by atoms with Crippen LogP contribution in [0.5, 0.6) is 23.0 Å². The maximum Gasteiger partial charge on any atom is 0.268 e. The standard InChI is InChI=1S/C30H22BrClFN3O5/c1-16-21(31)15-36(19-7-4-17(33)5-8-19)30(38)28(16)29(37)35-18-6-9-25(22(32)12-18)41-24-10-11-34-23-14-27(40-3)26(39-2)13-20(23)24/h4-15H,1-3H3,(H,35,37). The van der Waals surface area contributed by atoms with Crippen molar-refractivity contribution in [3.63, 3.8) is 0 Å². The molecular formula is C30H22BrClFN3O5. The third-order valence-electron chi connectivity index (χ3n) is 6.36. The lowest BCUT2D eigenvalue weighted by molar-refractivity contribution is 0.102. The molecule has 41 heavy (non-hydrogen) atoms. The zero-order valence-electron chi connectivity index (χ0n) is 22.0. The van der Waals surface area contributed by atoms with Crippen molar-refractivity contribution in [3.8, 4) is 28.7 Å². The molecule has 5 aromatic rings. The Morgan fingerprint density at radius 3 is 2.37 bits per heavy atom. The average molecular weight is 639 g/mol. The molecule has 0 atom stereocenters. The molecule has 0 bridgehead atoms. The molecule has 11 heteroatoms. The second kappa shape index (κ2) is 11.6. The molecule has 5 rings (SSSR count). The summed E-state index contributed by atoms with van der Waals surface area (Å²) in [5.74, 6) is 0.809. The van der Waals surface area contributed by atoms with E-state index in [-0.39, 0.29) is 10.6 Å². The maximum absolute atomic E-state index is 13.4. The predicted molar refractivity (Wildman–Crippen MR) is 159 cm³/mol. The van der Waals surface area contributed by atoms with Crippen LogP contribution in [0.4, 0.5) is 10.1 Å². The highest BCUT2D eigenvalue weighted by molar-refractivity contribution is 9.10. The summed E-state index contributed by atoms with van der Waals surface area (Å²) >= 11 is 9.94. The fourth-order valence-electron chi connectivity index (χ4n) is 4.24. The van der Waals surface area contributed by atoms with Crippen LogP contribution in [-0.4, -0.2) is 29.7 Å². The van der Waals surface area contributed by atoms with Gasteiger partial charge in [-0.3, -0.25) is 19.1 Å². The first kappa shape index (κ1) is 28.1. The first-order chi connectivity index (χ1) is 19.7. The van der Waals surface area contributed by atoms with Gasteiger partial charge in [-0.05, 0) is 83.0 Å². The number of carbonyl (C=O) groups excluding carboxylic acids is 1. The van der Waals surface area contributed by atoms with Crippen molar-refractivity contribution in [2.75, 3.05) is 19.5 Å². The van der Waals surface area contributed by atoms with E-state index < -0.39 is 17.3 Å². The normalized spacial score (nSPS) is 10.9. The van der Waals surface area contributed by atoms with Gasteiger partial charge in [-0.1, -0.05) is 11.6 Å². The summed E-state index contributed by atoms with van der Waals surface area (Å²) in [4.78, 5) is 31.0. The molecule has 0 saturated heterocycles. The van der Waals surface area contributed by atoms with Gasteiger partial charge in [-0.15, -0.1) is 0 Å². The molecule has 0 aliphatic rings. The van der Waals surface area contributed by atoms with Crippen LogP contribution >= 0.6 is 27.5 Å². The minimum atomic E-state index is -0.629. The number of benzene rings is 3. The number of nitrogens with zero attached hydrogens (tertiary/aromatic N) is 2. The van der Waals surface area contributed by atoms with Crippen molar-refractivity contribution in [1.82, 2.24) is 9.55 Å². The Kier molecular flexibility index (Phi) is 7.96. The number of carbonyl (C=O) groups is 1. The minimum absolute atomic E-state index is 0.0761. The molecule has 0 spiro atoms. The molecule has 0 saturated carbocycles. The Balaban J connectivity index is 1.43. The molecular weight excluding hydrogens is 617 g/mol. The fourth-order valence-corrected chi connectivity index (χ4v) is 4.86. The van der Waals surface area contributed by atoms with E-state index in [0.717, 1.165) is 0 Å². The molecule has 2 aromatic heterocycles. The summed E-state index contributed by atoms with van der Waals surface area (Å²) < 4.78 is 32.1. The number of hydrogen-bond acceptors (Lipinski definition) is 6. The minimum Gasteiger partial charge on any atom is -0.493 e. The average Bonchev–Trinajstić information content (AvgIpc) is 2.96. The van der Waals surface area contributed by atoms with Gasteiger partial charge in [-0.2, -0.15) is 0 Å². The van der Waals surface area contributed by atoms with Crippen LogP contribution in [0, 0.1) is 12.7 Å². The van der Waals surface area contributed by atoms with Crippen LogP contribution in [0.25, 0.3) is 16.6 Å². The summed E-state index contributed by atoms with van der Waals surface area (Å²) in [7, 11) is 3.08. The summed E-state index contributed by atoms with van der Waals surface area (Å²) in [6.07, 6.45) is 3.14. The number of aromatic nitrogens is 2. The Hall–Kier alpha value is -4.41. The summed E-state index contributed by atoms with van der Waals surface area (Å²) in [6, 6.07) is 15.3. The smallest absolute Gasteiger partial charge is 0.268 e. The van der Waals surface area contributed by atoms with Crippen LogP contribution < -0.4 is 25.1 Å². The number of ether oxygens (including phenoxy) is 3. The van der Waals surface area contributed by atoms with Gasteiger partial charge >= 0.3 is 0 Å². The molecule has 0 unspecified atom stereocenters. The van der Waals surface area contributed by atoms with Crippen LogP contribution in [0.3, 0.4) is 0 Å². The summed E-state index contributed by atoms with van der Waals surface area (Å²) in [5.41, 5.74) is 1.22. The van der Waals surface area contributed by atoms with E-state index in [1.165, 1.54) is 42.0 Å². The lowest BCUT2D eigenvalue weighted by Crippen LogP contribution is -2.29. The molecule has 3 aromatic carbocycles. The number of halogens is 3. The Morgan fingerprint density at radius 1 is 0.976 bits per heavy atom. The van der Waals surface area contributed by atoms with Crippen molar-refractivity contribution in [1.29, 1.82) is 0 Å². The van der Waals surface area contributed by atoms with Gasteiger partial charge in [0.25, 0.3) is 11.5 Å². The van der Waals surface area contributed by atoms with Crippen molar-refractivity contribution in [2.45, 2.75) is 6.92 Å². The van der Waals surface area contributed by atoms with Gasteiger partial charge in [0, 0.05) is 39.7 Å². The van der Waals surface area contributed by atoms with Crippen LogP contribution in [-0.2, 0) is 0 Å². The van der Waals surface area contributed by atoms with E-state index in [1.54, 1.807) is 56.8 Å². The number of anilines is 1. The summed E-state index contributed by atoms with van der Waals surface area (Å²) in [5, 5.41) is 3.64. The van der Waals surface area contributed by atoms with Crippen molar-refractivity contribution in [2.24, 2.45) is 0 Å². The highest BCUT2D eigenvalue weighted by Crippen LogP contribution is 2.39. The molecule has 208 valence electrons. The monoisotopic (exact) mass is 637 g/mol. The highest BCUT2D eigenvalue weighted by atomic mass is 79.9. The van der Waals surface area contributed by atoms with Crippen LogP contribution in [0.1, 0.15) is 15.9 Å². The molecule has 1 amide bonds. The van der Waals surface area contributed by atoms with Gasteiger partial charge in [0.1, 0.15) is 22.9 Å². The molecule has 2 heterocycles. The van der Waals surface area contributed by atoms with Crippen molar-refractivity contribution in [3.05, 3.63) is 110 Å². The number of rotatable bonds is 7. The highest BCUT2D eigenvalue weighted by Gasteiger charge is 2.20. The number of methoxy groups -OCH3 is 2. The largest absolute Gasteiger partial charge is 0.493 e. The topological polar surface area (TPSA) is 91.7 Å². The SMILES string of the molecule is COc1cc2nccc(Oc3ccc(NC(=O)c4c(C)c(Br)cn(-c5ccc(F)cc5)c4=O)cc3Cl)c2cc1OC. The lowest BCUT2D eigenvalue weighted by atomic mass is 10.1. The van der Waals surface area contributed by atoms with E-state index in [4.69, 9.17) is 25.8 Å². The zero-order chi connectivity index (χ0) is 29.3. The third kappa shape index (κ3) is 5.61. The second-order valence-electron chi connectivity index (χ2n) is 8.86. The molecule has 0 aliphatic carbocycles. The maximum atomic E-state index is 13.4. The molecule has 1 N–H and O–H groups in total. The van der Waals surface area contributed by atoms with E-state index in [1.807, 2.05) is 0 Å². The van der Waals surface area contributed by atoms with E-state index in [9.17, 15) is 14.0 Å². The predicted octanol–water partition coefficient (Wildman–Crippen LogP) is 7.31. The number of pyridine rings is 2. The van der Waals surface area contributed by atoms with Gasteiger partial charge in [0.15, 0.2) is 11.5 Å². The molecule has 0 fully saturated rings. The summed E-state index contributed by atoms with van der Waals surface area (Å²) in [6.45, 7) is 1.66. The van der Waals surface area contributed by atoms with Crippen molar-refractivity contribution < 1.29 is 23.4 Å². The first-order valence-electron chi connectivity index (χ1n) is 12.2. The fraction of sp³-hybridized carbons (Fsp3) is 0.100. The third-order valence-corrected chi connectivity index (χ3v) is 7.45. The number of amides is 1. The molecule has 8 nitrogen and oxygen atoms in total. The number of hydrogen-bond donors (Lipinski definition) is 1. The Bertz CT molecular complexity index is 1860. The Labute approximate surface area is 247 Å². The van der Waals surface area contributed by atoms with Gasteiger partial charge in [0.05, 0.1) is 24.8 Å². The van der Waals surface area contributed by atoms with E-state index in [2.05, 4.69) is 26.2 Å². The van der Waals surface area contributed by atoms with Crippen LogP contribution in [0.15, 0.2) is 82.3 Å². The van der Waals surface area contributed by atoms with Crippen molar-refractivity contribution >= 4 is 50.0 Å². The quantitative estimate of drug-likeness (QED) is 0.201. The lowest BCUT2D eigenvalue weighted by Gasteiger charge is -2.15. The molecule has 0 aliphatic heterocycles. The molecule has 0 radical (unpaired) electrons. The van der Waals surface area contributed by atoms with Gasteiger partial charge < -0.3 is 19.5 Å². The van der Waals surface area contributed by atoms with Gasteiger partial charge in [0.2, 0.25) is 0 Å². The number of nitrogens with one attached hydrogen (secondary N) is 1. The van der Waals surface area contributed by atoms with Gasteiger partial charge in [-0.25, -0.2) is 4.39 Å². The van der Waals surface area contributed by atoms with Crippen LogP contribution in [0.2, 0.25) is 5.02 Å². The Morgan fingerprint density at radius 2 is 1.68 bits per heavy atom. The zero-order valence-corrected chi connectivity index (χ0v) is 24.3. The number of fused-ring (bicyclic) bond motifs is 1. The van der Waals surface area contributed by atoms with E-state index in [0.29, 0.717) is 55.3 Å². The van der Waals surface area contributed by atoms with E-state index >= 15 is 0 Å².